The average Bonchev–Trinajstić information content (AvgIpc) is 3.17. The first-order chi connectivity index (χ1) is 15.5. The number of rotatable bonds is 6. The third-order valence-electron chi connectivity index (χ3n) is 5.34. The number of aromatic amines is 1. The van der Waals surface area contributed by atoms with Crippen molar-refractivity contribution in [2.24, 2.45) is 5.73 Å². The molecule has 3 heterocycles. The van der Waals surface area contributed by atoms with Crippen LogP contribution in [0.25, 0.3) is 16.9 Å². The van der Waals surface area contributed by atoms with Crippen LogP contribution in [0.5, 0.6) is 0 Å². The van der Waals surface area contributed by atoms with E-state index in [9.17, 15) is 18.0 Å². The van der Waals surface area contributed by atoms with Crippen molar-refractivity contribution in [3.63, 3.8) is 0 Å². The van der Waals surface area contributed by atoms with Gasteiger partial charge in [-0.3, -0.25) is 0 Å². The molecule has 4 N–H and O–H groups in total. The number of aromatic nitrogens is 4. The van der Waals surface area contributed by atoms with Crippen molar-refractivity contribution in [1.29, 1.82) is 0 Å². The Hall–Kier alpha value is -3.44. The molecule has 0 spiro atoms. The maximum atomic E-state index is 14.9. The highest BCUT2D eigenvalue weighted by atomic mass is 19.3. The normalized spacial score (nSPS) is 13.9. The predicted octanol–water partition coefficient (Wildman–Crippen LogP) is 1.82. The molecule has 11 heteroatoms. The summed E-state index contributed by atoms with van der Waals surface area (Å²) in [5.41, 5.74) is 6.51. The van der Waals surface area contributed by atoms with Gasteiger partial charge in [0.2, 0.25) is 0 Å². The molecule has 1 saturated heterocycles. The summed E-state index contributed by atoms with van der Waals surface area (Å²) in [6.45, 7) is 3.27. The van der Waals surface area contributed by atoms with Crippen LogP contribution in [0.4, 0.5) is 18.9 Å². The van der Waals surface area contributed by atoms with Crippen molar-refractivity contribution in [2.75, 3.05) is 37.6 Å². The molecular formula is C21H22F3N7O. The fourth-order valence-electron chi connectivity index (χ4n) is 3.61. The lowest BCUT2D eigenvalue weighted by molar-refractivity contribution is 0.407. The van der Waals surface area contributed by atoms with Crippen LogP contribution in [0.2, 0.25) is 0 Å². The largest absolute Gasteiger partial charge is 0.369 e. The molecule has 4 rings (SSSR count). The van der Waals surface area contributed by atoms with Crippen LogP contribution in [0.1, 0.15) is 5.82 Å². The number of hydrogen-bond donors (Lipinski definition) is 3. The van der Waals surface area contributed by atoms with E-state index in [1.807, 2.05) is 24.3 Å². The summed E-state index contributed by atoms with van der Waals surface area (Å²) in [7, 11) is 0. The van der Waals surface area contributed by atoms with Crippen LogP contribution in [0.15, 0.2) is 53.0 Å². The Balaban J connectivity index is 1.61. The zero-order valence-corrected chi connectivity index (χ0v) is 17.1. The van der Waals surface area contributed by atoms with Crippen molar-refractivity contribution in [1.82, 2.24) is 25.1 Å². The van der Waals surface area contributed by atoms with Gasteiger partial charge in [-0.2, -0.15) is 13.9 Å². The summed E-state index contributed by atoms with van der Waals surface area (Å²) in [6, 6.07) is 8.95. The van der Waals surface area contributed by atoms with E-state index in [0.717, 1.165) is 42.0 Å². The van der Waals surface area contributed by atoms with E-state index in [0.29, 0.717) is 5.56 Å². The van der Waals surface area contributed by atoms with E-state index in [4.69, 9.17) is 5.73 Å². The molecule has 1 fully saturated rings. The van der Waals surface area contributed by atoms with Crippen molar-refractivity contribution in [2.45, 2.75) is 6.42 Å². The molecule has 3 aromatic rings. The van der Waals surface area contributed by atoms with E-state index in [1.54, 1.807) is 0 Å². The van der Waals surface area contributed by atoms with E-state index in [-0.39, 0.29) is 11.6 Å². The standard InChI is InChI=1S/C21H22F3N7O/c22-17-9-15(13-1-3-16(4-2-13)30-7-5-26-6-8-30)12-27-20(17)31-18(28-29-21(31)32)10-14(11-25)19(23)24/h1-4,9,12,26H,5-8,10-11,25H2,(H,29,32). The smallest absolute Gasteiger partial charge is 0.349 e. The van der Waals surface area contributed by atoms with E-state index < -0.39 is 36.1 Å². The van der Waals surface area contributed by atoms with Gasteiger partial charge >= 0.3 is 5.69 Å². The van der Waals surface area contributed by atoms with Crippen LogP contribution in [-0.2, 0) is 6.42 Å². The Kier molecular flexibility index (Phi) is 6.37. The number of halogens is 3. The SMILES string of the molecule is NCC(Cc1n[nH]c(=O)n1-c1ncc(-c2ccc(N3CCNCC3)cc2)cc1F)=C(F)F. The zero-order chi connectivity index (χ0) is 22.7. The molecule has 1 aliphatic heterocycles. The number of piperazine rings is 1. The first kappa shape index (κ1) is 21.8. The highest BCUT2D eigenvalue weighted by molar-refractivity contribution is 5.66. The topological polar surface area (TPSA) is 105 Å². The Morgan fingerprint density at radius 2 is 1.84 bits per heavy atom. The number of benzene rings is 1. The predicted molar refractivity (Wildman–Crippen MR) is 114 cm³/mol. The maximum absolute atomic E-state index is 14.9. The lowest BCUT2D eigenvalue weighted by Crippen LogP contribution is -2.43. The molecular weight excluding hydrogens is 423 g/mol. The van der Waals surface area contributed by atoms with Crippen LogP contribution in [-0.4, -0.2) is 52.5 Å². The van der Waals surface area contributed by atoms with Gasteiger partial charge in [0.1, 0.15) is 5.82 Å². The van der Waals surface area contributed by atoms with Crippen LogP contribution < -0.4 is 21.6 Å². The Morgan fingerprint density at radius 3 is 2.47 bits per heavy atom. The van der Waals surface area contributed by atoms with E-state index in [2.05, 4.69) is 25.4 Å². The molecule has 8 nitrogen and oxygen atoms in total. The minimum absolute atomic E-state index is 0.109. The summed E-state index contributed by atoms with van der Waals surface area (Å²) >= 11 is 0. The molecule has 0 atom stereocenters. The number of hydrogen-bond acceptors (Lipinski definition) is 6. The summed E-state index contributed by atoms with van der Waals surface area (Å²) in [4.78, 5) is 18.5. The van der Waals surface area contributed by atoms with Crippen molar-refractivity contribution < 1.29 is 13.2 Å². The summed E-state index contributed by atoms with van der Waals surface area (Å²) in [6.07, 6.45) is -0.937. The third-order valence-corrected chi connectivity index (χ3v) is 5.34. The molecule has 168 valence electrons. The van der Waals surface area contributed by atoms with Gasteiger partial charge in [-0.1, -0.05) is 12.1 Å². The molecule has 0 bridgehead atoms. The number of nitrogens with one attached hydrogen (secondary N) is 2. The number of pyridine rings is 1. The van der Waals surface area contributed by atoms with E-state index in [1.165, 1.54) is 12.3 Å². The molecule has 2 aromatic heterocycles. The molecule has 1 aromatic carbocycles. The fraction of sp³-hybridized carbons (Fsp3) is 0.286. The van der Waals surface area contributed by atoms with Crippen LogP contribution >= 0.6 is 0 Å². The van der Waals surface area contributed by atoms with Gasteiger partial charge in [-0.05, 0) is 23.8 Å². The molecule has 0 amide bonds. The van der Waals surface area contributed by atoms with Gasteiger partial charge in [0.25, 0.3) is 6.08 Å². The number of nitrogens with two attached hydrogens (primary N) is 1. The molecule has 1 aliphatic rings. The second-order valence-electron chi connectivity index (χ2n) is 7.34. The third kappa shape index (κ3) is 4.43. The molecule has 0 saturated carbocycles. The molecule has 0 unspecified atom stereocenters. The summed E-state index contributed by atoms with van der Waals surface area (Å²) < 4.78 is 41.7. The highest BCUT2D eigenvalue weighted by Gasteiger charge is 2.19. The maximum Gasteiger partial charge on any atom is 0.349 e. The van der Waals surface area contributed by atoms with Gasteiger partial charge in [-0.15, -0.1) is 0 Å². The molecule has 32 heavy (non-hydrogen) atoms. The Labute approximate surface area is 181 Å². The second kappa shape index (κ2) is 9.37. The second-order valence-corrected chi connectivity index (χ2v) is 7.34. The number of nitrogens with zero attached hydrogens (tertiary/aromatic N) is 4. The van der Waals surface area contributed by atoms with Crippen LogP contribution in [0.3, 0.4) is 0 Å². The first-order valence-corrected chi connectivity index (χ1v) is 10.1. The molecule has 0 aliphatic carbocycles. The van der Waals surface area contributed by atoms with Crippen molar-refractivity contribution >= 4 is 5.69 Å². The lowest BCUT2D eigenvalue weighted by atomic mass is 10.1. The van der Waals surface area contributed by atoms with Crippen molar-refractivity contribution in [3.8, 4) is 16.9 Å². The number of anilines is 1. The highest BCUT2D eigenvalue weighted by Crippen LogP contribution is 2.25. The zero-order valence-electron chi connectivity index (χ0n) is 17.1. The Bertz CT molecular complexity index is 1180. The minimum Gasteiger partial charge on any atom is -0.369 e. The summed E-state index contributed by atoms with van der Waals surface area (Å²) in [5, 5.41) is 9.18. The Morgan fingerprint density at radius 1 is 1.12 bits per heavy atom. The van der Waals surface area contributed by atoms with Crippen LogP contribution in [0, 0.1) is 5.82 Å². The van der Waals surface area contributed by atoms with Gasteiger partial charge in [0, 0.05) is 62.2 Å². The van der Waals surface area contributed by atoms with Gasteiger partial charge < -0.3 is 16.0 Å². The summed E-state index contributed by atoms with van der Waals surface area (Å²) in [5.74, 6) is -1.21. The van der Waals surface area contributed by atoms with Gasteiger partial charge in [0.15, 0.2) is 11.6 Å². The van der Waals surface area contributed by atoms with Gasteiger partial charge in [0.05, 0.1) is 0 Å². The average molecular weight is 445 g/mol. The molecule has 0 radical (unpaired) electrons. The minimum atomic E-state index is -1.96. The van der Waals surface area contributed by atoms with Gasteiger partial charge in [-0.25, -0.2) is 23.8 Å². The first-order valence-electron chi connectivity index (χ1n) is 10.1. The van der Waals surface area contributed by atoms with Crippen molar-refractivity contribution in [3.05, 3.63) is 70.3 Å². The van der Waals surface area contributed by atoms with E-state index >= 15 is 0 Å². The monoisotopic (exact) mass is 445 g/mol. The fourth-order valence-corrected chi connectivity index (χ4v) is 3.61. The lowest BCUT2D eigenvalue weighted by Gasteiger charge is -2.29. The number of H-pyrrole nitrogens is 1. The quantitative estimate of drug-likeness (QED) is 0.535.